The summed E-state index contributed by atoms with van der Waals surface area (Å²) >= 11 is 7.82. The minimum Gasteiger partial charge on any atom is -0.330 e. The molecular weight excluding hydrogens is 498 g/mol. The molecule has 2 aromatic carbocycles. The number of halogens is 1. The van der Waals surface area contributed by atoms with E-state index in [0.29, 0.717) is 17.1 Å². The van der Waals surface area contributed by atoms with Gasteiger partial charge < -0.3 is 9.80 Å². The summed E-state index contributed by atoms with van der Waals surface area (Å²) in [6.45, 7) is 0.600. The van der Waals surface area contributed by atoms with Gasteiger partial charge in [0.05, 0.1) is 11.0 Å². The Bertz CT molecular complexity index is 1320. The van der Waals surface area contributed by atoms with Gasteiger partial charge in [-0.3, -0.25) is 19.7 Å². The Kier molecular flexibility index (Phi) is 6.89. The van der Waals surface area contributed by atoms with Crippen molar-refractivity contribution < 1.29 is 14.5 Å². The van der Waals surface area contributed by atoms with Crippen LogP contribution in [-0.4, -0.2) is 45.7 Å². The lowest BCUT2D eigenvalue weighted by molar-refractivity contribution is -0.384. The maximum absolute atomic E-state index is 13.6. The van der Waals surface area contributed by atoms with Crippen molar-refractivity contribution in [3.05, 3.63) is 103 Å². The molecule has 36 heavy (non-hydrogen) atoms. The second-order valence-corrected chi connectivity index (χ2v) is 10.4. The standard InChI is InChI=1S/C27H24ClN3O4S/c28-20-6-4-19(5-7-20)27-23-14-16-36-24(23)13-15-29(27)26(33)17-30(21-10-11-21)25(32)12-3-18-1-8-22(9-2-18)31(34)35/h1-9,12,14,16,21,27H,10-11,13,15,17H2/b12-3+/t27-/m0/s1. The zero-order valence-electron chi connectivity index (χ0n) is 19.4. The van der Waals surface area contributed by atoms with Crippen LogP contribution in [0.25, 0.3) is 6.08 Å². The van der Waals surface area contributed by atoms with E-state index in [1.54, 1.807) is 34.4 Å². The molecule has 9 heteroatoms. The first-order valence-corrected chi connectivity index (χ1v) is 13.0. The van der Waals surface area contributed by atoms with Gasteiger partial charge in [-0.1, -0.05) is 23.7 Å². The van der Waals surface area contributed by atoms with Crippen molar-refractivity contribution >= 4 is 46.5 Å². The molecule has 3 aromatic rings. The molecule has 5 rings (SSSR count). The van der Waals surface area contributed by atoms with Crippen LogP contribution in [0, 0.1) is 10.1 Å². The van der Waals surface area contributed by atoms with Crippen molar-refractivity contribution in [3.8, 4) is 0 Å². The molecule has 0 spiro atoms. The Morgan fingerprint density at radius 2 is 1.83 bits per heavy atom. The van der Waals surface area contributed by atoms with Gasteiger partial charge in [0.1, 0.15) is 6.54 Å². The number of non-ortho nitro benzene ring substituents is 1. The number of nitro benzene ring substituents is 1. The van der Waals surface area contributed by atoms with Gasteiger partial charge in [0.25, 0.3) is 5.69 Å². The van der Waals surface area contributed by atoms with E-state index >= 15 is 0 Å². The lowest BCUT2D eigenvalue weighted by Gasteiger charge is -2.37. The summed E-state index contributed by atoms with van der Waals surface area (Å²) in [5.41, 5.74) is 2.80. The summed E-state index contributed by atoms with van der Waals surface area (Å²) in [6.07, 6.45) is 5.61. The third-order valence-electron chi connectivity index (χ3n) is 6.57. The SMILES string of the molecule is O=C(/C=C/c1ccc([N+](=O)[O-])cc1)N(CC(=O)N1CCc2sccc2[C@@H]1c1ccc(Cl)cc1)C1CC1. The topological polar surface area (TPSA) is 83.8 Å². The molecule has 1 atom stereocenters. The summed E-state index contributed by atoms with van der Waals surface area (Å²) in [7, 11) is 0. The molecule has 0 radical (unpaired) electrons. The van der Waals surface area contributed by atoms with E-state index in [-0.39, 0.29) is 36.1 Å². The number of benzene rings is 2. The van der Waals surface area contributed by atoms with E-state index in [9.17, 15) is 19.7 Å². The molecule has 0 N–H and O–H groups in total. The number of nitro groups is 1. The first-order valence-electron chi connectivity index (χ1n) is 11.7. The highest BCUT2D eigenvalue weighted by Crippen LogP contribution is 2.38. The Morgan fingerprint density at radius 3 is 2.50 bits per heavy atom. The predicted molar refractivity (Wildman–Crippen MR) is 140 cm³/mol. The van der Waals surface area contributed by atoms with E-state index in [4.69, 9.17) is 11.6 Å². The highest BCUT2D eigenvalue weighted by atomic mass is 35.5. The first kappa shape index (κ1) is 24.2. The van der Waals surface area contributed by atoms with E-state index in [2.05, 4.69) is 11.4 Å². The van der Waals surface area contributed by atoms with E-state index in [0.717, 1.165) is 30.4 Å². The van der Waals surface area contributed by atoms with Crippen molar-refractivity contribution in [2.45, 2.75) is 31.3 Å². The summed E-state index contributed by atoms with van der Waals surface area (Å²) in [6, 6.07) is 15.5. The third-order valence-corrected chi connectivity index (χ3v) is 7.82. The Morgan fingerprint density at radius 1 is 1.11 bits per heavy atom. The summed E-state index contributed by atoms with van der Waals surface area (Å²) < 4.78 is 0. The van der Waals surface area contributed by atoms with Crippen molar-refractivity contribution in [1.82, 2.24) is 9.80 Å². The second kappa shape index (κ2) is 10.2. The van der Waals surface area contributed by atoms with Crippen LogP contribution in [0.15, 0.2) is 66.1 Å². The minimum atomic E-state index is -0.462. The van der Waals surface area contributed by atoms with Crippen LogP contribution in [0.1, 0.15) is 40.5 Å². The number of amides is 2. The Labute approximate surface area is 217 Å². The van der Waals surface area contributed by atoms with Crippen LogP contribution in [0.2, 0.25) is 5.02 Å². The van der Waals surface area contributed by atoms with Crippen LogP contribution in [0.3, 0.4) is 0 Å². The van der Waals surface area contributed by atoms with Gasteiger partial charge in [0.15, 0.2) is 0 Å². The third kappa shape index (κ3) is 5.20. The maximum atomic E-state index is 13.6. The van der Waals surface area contributed by atoms with Crippen molar-refractivity contribution in [2.75, 3.05) is 13.1 Å². The largest absolute Gasteiger partial charge is 0.330 e. The van der Waals surface area contributed by atoms with E-state index < -0.39 is 4.92 Å². The van der Waals surface area contributed by atoms with Crippen molar-refractivity contribution in [1.29, 1.82) is 0 Å². The van der Waals surface area contributed by atoms with Crippen LogP contribution in [-0.2, 0) is 16.0 Å². The molecule has 1 saturated carbocycles. The van der Waals surface area contributed by atoms with Gasteiger partial charge >= 0.3 is 0 Å². The normalized spacial score (nSPS) is 17.1. The van der Waals surface area contributed by atoms with Gasteiger partial charge in [-0.2, -0.15) is 0 Å². The molecule has 184 valence electrons. The lowest BCUT2D eigenvalue weighted by atomic mass is 9.93. The molecule has 0 bridgehead atoms. The number of rotatable bonds is 7. The van der Waals surface area contributed by atoms with E-state index in [1.165, 1.54) is 23.1 Å². The molecule has 0 unspecified atom stereocenters. The lowest BCUT2D eigenvalue weighted by Crippen LogP contribution is -2.47. The minimum absolute atomic E-state index is 0.00534. The quantitative estimate of drug-likeness (QED) is 0.234. The molecule has 2 aliphatic rings. The van der Waals surface area contributed by atoms with Gasteiger partial charge in [-0.05, 0) is 77.7 Å². The molecule has 2 heterocycles. The fraction of sp³-hybridized carbons (Fsp3) is 0.259. The molecule has 2 amide bonds. The maximum Gasteiger partial charge on any atom is 0.269 e. The number of fused-ring (bicyclic) bond motifs is 1. The molecule has 0 saturated heterocycles. The first-order chi connectivity index (χ1) is 17.4. The number of carbonyl (C=O) groups excluding carboxylic acids is 2. The van der Waals surface area contributed by atoms with Gasteiger partial charge in [-0.25, -0.2) is 0 Å². The predicted octanol–water partition coefficient (Wildman–Crippen LogP) is 5.49. The second-order valence-electron chi connectivity index (χ2n) is 8.97. The highest BCUT2D eigenvalue weighted by molar-refractivity contribution is 7.10. The number of hydrogen-bond donors (Lipinski definition) is 0. The molecule has 7 nitrogen and oxygen atoms in total. The Balaban J connectivity index is 1.34. The summed E-state index contributed by atoms with van der Waals surface area (Å²) in [5.74, 6) is -0.323. The fourth-order valence-electron chi connectivity index (χ4n) is 4.57. The zero-order chi connectivity index (χ0) is 25.2. The van der Waals surface area contributed by atoms with Crippen LogP contribution in [0.4, 0.5) is 5.69 Å². The number of nitrogens with zero attached hydrogens (tertiary/aromatic N) is 3. The highest BCUT2D eigenvalue weighted by Gasteiger charge is 2.37. The average molecular weight is 522 g/mol. The van der Waals surface area contributed by atoms with Crippen molar-refractivity contribution in [2.24, 2.45) is 0 Å². The molecule has 1 aliphatic heterocycles. The molecule has 1 aromatic heterocycles. The van der Waals surface area contributed by atoms with Gasteiger partial charge in [0, 0.05) is 40.7 Å². The summed E-state index contributed by atoms with van der Waals surface area (Å²) in [5, 5.41) is 13.6. The number of thiophene rings is 1. The van der Waals surface area contributed by atoms with Crippen LogP contribution in [0.5, 0.6) is 0 Å². The average Bonchev–Trinajstić information content (AvgIpc) is 3.61. The molecule has 1 fully saturated rings. The van der Waals surface area contributed by atoms with Gasteiger partial charge in [0.2, 0.25) is 11.8 Å². The smallest absolute Gasteiger partial charge is 0.269 e. The van der Waals surface area contributed by atoms with Gasteiger partial charge in [-0.15, -0.1) is 11.3 Å². The van der Waals surface area contributed by atoms with Crippen LogP contribution < -0.4 is 0 Å². The zero-order valence-corrected chi connectivity index (χ0v) is 21.0. The molecule has 1 aliphatic carbocycles. The monoisotopic (exact) mass is 521 g/mol. The number of hydrogen-bond acceptors (Lipinski definition) is 5. The number of carbonyl (C=O) groups is 2. The Hall–Kier alpha value is -3.49. The van der Waals surface area contributed by atoms with Crippen LogP contribution >= 0.6 is 22.9 Å². The van der Waals surface area contributed by atoms with E-state index in [1.807, 2.05) is 29.2 Å². The summed E-state index contributed by atoms with van der Waals surface area (Å²) in [4.78, 5) is 41.9. The van der Waals surface area contributed by atoms with Crippen molar-refractivity contribution in [3.63, 3.8) is 0 Å². The molecular formula is C27H24ClN3O4S. The fourth-order valence-corrected chi connectivity index (χ4v) is 5.60.